The van der Waals surface area contributed by atoms with Crippen molar-refractivity contribution in [1.82, 2.24) is 10.2 Å². The van der Waals surface area contributed by atoms with Crippen molar-refractivity contribution in [2.45, 2.75) is 24.9 Å². The highest BCUT2D eigenvalue weighted by Gasteiger charge is 2.32. The Morgan fingerprint density at radius 1 is 1.60 bits per heavy atom. The highest BCUT2D eigenvalue weighted by Crippen LogP contribution is 2.36. The van der Waals surface area contributed by atoms with Crippen molar-refractivity contribution in [3.8, 4) is 0 Å². The first kappa shape index (κ1) is 6.24. The van der Waals surface area contributed by atoms with Crippen LogP contribution in [-0.2, 0) is 0 Å². The fraction of sp³-hybridized carbons (Fsp3) is 0.667. The maximum Gasteiger partial charge on any atom is 0.122 e. The van der Waals surface area contributed by atoms with Crippen LogP contribution in [-0.4, -0.2) is 21.4 Å². The van der Waals surface area contributed by atoms with Crippen LogP contribution in [0.25, 0.3) is 0 Å². The minimum atomic E-state index is -0.159. The molecule has 1 aromatic rings. The molecule has 54 valence electrons. The molecule has 0 bridgehead atoms. The van der Waals surface area contributed by atoms with E-state index in [1.165, 1.54) is 11.3 Å². The number of hydrogen-bond donors (Lipinski definition) is 1. The summed E-state index contributed by atoms with van der Waals surface area (Å²) in [6.07, 6.45) is 1.83. The van der Waals surface area contributed by atoms with Crippen LogP contribution < -0.4 is 0 Å². The monoisotopic (exact) mass is 156 g/mol. The summed E-state index contributed by atoms with van der Waals surface area (Å²) in [4.78, 5) is 0. The number of nitrogens with zero attached hydrogens (tertiary/aromatic N) is 2. The number of aliphatic hydroxyl groups excluding tert-OH is 1. The van der Waals surface area contributed by atoms with Crippen LogP contribution in [0.15, 0.2) is 5.51 Å². The molecule has 4 heteroatoms. The number of aliphatic hydroxyl groups is 1. The lowest BCUT2D eigenvalue weighted by Crippen LogP contribution is -2.28. The predicted molar refractivity (Wildman–Crippen MR) is 37.9 cm³/mol. The molecular formula is C6H8N2OS. The summed E-state index contributed by atoms with van der Waals surface area (Å²) < 4.78 is 0. The fourth-order valence-electron chi connectivity index (χ4n) is 1.11. The molecule has 0 amide bonds. The van der Waals surface area contributed by atoms with Gasteiger partial charge in [-0.2, -0.15) is 0 Å². The first-order valence-electron chi connectivity index (χ1n) is 3.32. The Labute approximate surface area is 62.7 Å². The van der Waals surface area contributed by atoms with E-state index in [9.17, 15) is 5.11 Å². The average molecular weight is 156 g/mol. The third-order valence-corrected chi connectivity index (χ3v) is 2.76. The first-order valence-corrected chi connectivity index (χ1v) is 4.20. The van der Waals surface area contributed by atoms with Gasteiger partial charge in [0, 0.05) is 5.92 Å². The van der Waals surface area contributed by atoms with Crippen LogP contribution >= 0.6 is 11.3 Å². The molecule has 1 aliphatic rings. The van der Waals surface area contributed by atoms with Gasteiger partial charge in [0.05, 0.1) is 6.10 Å². The molecule has 0 aliphatic heterocycles. The van der Waals surface area contributed by atoms with E-state index < -0.39 is 0 Å². The smallest absolute Gasteiger partial charge is 0.122 e. The van der Waals surface area contributed by atoms with E-state index >= 15 is 0 Å². The van der Waals surface area contributed by atoms with Crippen molar-refractivity contribution in [2.24, 2.45) is 0 Å². The van der Waals surface area contributed by atoms with Crippen molar-refractivity contribution in [1.29, 1.82) is 0 Å². The molecule has 0 aromatic carbocycles. The van der Waals surface area contributed by atoms with Gasteiger partial charge in [-0.15, -0.1) is 21.5 Å². The van der Waals surface area contributed by atoms with Crippen LogP contribution in [0.4, 0.5) is 0 Å². The Morgan fingerprint density at radius 3 is 2.90 bits per heavy atom. The van der Waals surface area contributed by atoms with Crippen molar-refractivity contribution in [3.63, 3.8) is 0 Å². The van der Waals surface area contributed by atoms with E-state index in [2.05, 4.69) is 10.2 Å². The molecule has 1 N–H and O–H groups in total. The van der Waals surface area contributed by atoms with Gasteiger partial charge in [-0.25, -0.2) is 0 Å². The summed E-state index contributed by atoms with van der Waals surface area (Å²) in [5.74, 6) is 0.285. The van der Waals surface area contributed by atoms with Crippen LogP contribution in [0.1, 0.15) is 23.8 Å². The molecule has 1 heterocycles. The highest BCUT2D eigenvalue weighted by atomic mass is 32.1. The van der Waals surface area contributed by atoms with Crippen molar-refractivity contribution in [2.75, 3.05) is 0 Å². The maximum absolute atomic E-state index is 9.22. The first-order chi connectivity index (χ1) is 4.88. The molecule has 0 radical (unpaired) electrons. The summed E-state index contributed by atoms with van der Waals surface area (Å²) in [7, 11) is 0. The van der Waals surface area contributed by atoms with Gasteiger partial charge in [-0.3, -0.25) is 0 Å². The molecule has 1 aromatic heterocycles. The van der Waals surface area contributed by atoms with Crippen molar-refractivity contribution in [3.05, 3.63) is 10.5 Å². The summed E-state index contributed by atoms with van der Waals surface area (Å²) in [5.41, 5.74) is 1.71. The second-order valence-electron chi connectivity index (χ2n) is 2.53. The maximum atomic E-state index is 9.22. The fourth-order valence-corrected chi connectivity index (χ4v) is 1.86. The molecule has 1 saturated carbocycles. The standard InChI is InChI=1S/C6H8N2OS/c9-5-2-1-4(5)6-8-7-3-10-6/h3-5,9H,1-2H2. The van der Waals surface area contributed by atoms with Gasteiger partial charge in [0.15, 0.2) is 0 Å². The Balaban J connectivity index is 2.14. The van der Waals surface area contributed by atoms with Gasteiger partial charge >= 0.3 is 0 Å². The zero-order valence-corrected chi connectivity index (χ0v) is 6.21. The summed E-state index contributed by atoms with van der Waals surface area (Å²) >= 11 is 1.53. The van der Waals surface area contributed by atoms with Gasteiger partial charge < -0.3 is 5.11 Å². The Kier molecular flexibility index (Phi) is 1.43. The number of rotatable bonds is 1. The van der Waals surface area contributed by atoms with Crippen LogP contribution in [0, 0.1) is 0 Å². The van der Waals surface area contributed by atoms with E-state index in [4.69, 9.17) is 0 Å². The van der Waals surface area contributed by atoms with Crippen molar-refractivity contribution < 1.29 is 5.11 Å². The zero-order valence-electron chi connectivity index (χ0n) is 5.40. The molecule has 3 nitrogen and oxygen atoms in total. The molecule has 1 aliphatic carbocycles. The van der Waals surface area contributed by atoms with Crippen molar-refractivity contribution >= 4 is 11.3 Å². The lowest BCUT2D eigenvalue weighted by atomic mass is 9.83. The molecule has 10 heavy (non-hydrogen) atoms. The summed E-state index contributed by atoms with van der Waals surface area (Å²) in [6.45, 7) is 0. The Bertz CT molecular complexity index is 212. The summed E-state index contributed by atoms with van der Waals surface area (Å²) in [6, 6.07) is 0. The van der Waals surface area contributed by atoms with Gasteiger partial charge in [0.25, 0.3) is 0 Å². The van der Waals surface area contributed by atoms with E-state index in [-0.39, 0.29) is 12.0 Å². The molecule has 2 rings (SSSR count). The highest BCUT2D eigenvalue weighted by molar-refractivity contribution is 7.09. The van der Waals surface area contributed by atoms with Gasteiger partial charge in [-0.05, 0) is 12.8 Å². The van der Waals surface area contributed by atoms with E-state index in [1.54, 1.807) is 5.51 Å². The number of aromatic nitrogens is 2. The second kappa shape index (κ2) is 2.29. The molecule has 1 fully saturated rings. The number of hydrogen-bond acceptors (Lipinski definition) is 4. The Morgan fingerprint density at radius 2 is 2.50 bits per heavy atom. The van der Waals surface area contributed by atoms with Crippen LogP contribution in [0.2, 0.25) is 0 Å². The molecule has 2 atom stereocenters. The van der Waals surface area contributed by atoms with Crippen LogP contribution in [0.3, 0.4) is 0 Å². The molecule has 2 unspecified atom stereocenters. The third kappa shape index (κ3) is 0.839. The van der Waals surface area contributed by atoms with E-state index in [0.29, 0.717) is 0 Å². The normalized spacial score (nSPS) is 31.7. The minimum absolute atomic E-state index is 0.159. The van der Waals surface area contributed by atoms with Crippen LogP contribution in [0.5, 0.6) is 0 Å². The Hall–Kier alpha value is -0.480. The van der Waals surface area contributed by atoms with Gasteiger partial charge in [0.1, 0.15) is 10.5 Å². The minimum Gasteiger partial charge on any atom is -0.392 e. The SMILES string of the molecule is OC1CCC1c1nncs1. The van der Waals surface area contributed by atoms with Gasteiger partial charge in [0.2, 0.25) is 0 Å². The summed E-state index contributed by atoms with van der Waals surface area (Å²) in [5, 5.41) is 17.8. The predicted octanol–water partition coefficient (Wildman–Crippen LogP) is 0.776. The third-order valence-electron chi connectivity index (χ3n) is 1.93. The van der Waals surface area contributed by atoms with E-state index in [0.717, 1.165) is 17.8 Å². The molecular weight excluding hydrogens is 148 g/mol. The van der Waals surface area contributed by atoms with E-state index in [1.807, 2.05) is 0 Å². The zero-order chi connectivity index (χ0) is 6.97. The second-order valence-corrected chi connectivity index (χ2v) is 3.39. The largest absolute Gasteiger partial charge is 0.392 e. The lowest BCUT2D eigenvalue weighted by Gasteiger charge is -2.29. The molecule has 0 saturated heterocycles. The van der Waals surface area contributed by atoms with Gasteiger partial charge in [-0.1, -0.05) is 0 Å². The molecule has 0 spiro atoms. The average Bonchev–Trinajstić information content (AvgIpc) is 2.37. The topological polar surface area (TPSA) is 46.0 Å². The lowest BCUT2D eigenvalue weighted by molar-refractivity contribution is 0.0657. The quantitative estimate of drug-likeness (QED) is 0.653.